The van der Waals surface area contributed by atoms with E-state index in [4.69, 9.17) is 0 Å². The summed E-state index contributed by atoms with van der Waals surface area (Å²) < 4.78 is 0. The van der Waals surface area contributed by atoms with Gasteiger partial charge in [-0.1, -0.05) is 18.6 Å². The van der Waals surface area contributed by atoms with Gasteiger partial charge in [0.1, 0.15) is 0 Å². The van der Waals surface area contributed by atoms with Crippen LogP contribution in [0.5, 0.6) is 0 Å². The Morgan fingerprint density at radius 2 is 1.95 bits per heavy atom. The number of nitrogens with one attached hydrogen (secondary N) is 3. The molecule has 0 saturated heterocycles. The molecule has 5 nitrogen and oxygen atoms in total. The van der Waals surface area contributed by atoms with Crippen LogP contribution in [0.15, 0.2) is 16.6 Å². The molecule has 6 heteroatoms. The van der Waals surface area contributed by atoms with E-state index >= 15 is 0 Å². The summed E-state index contributed by atoms with van der Waals surface area (Å²) in [6.45, 7) is 4.30. The van der Waals surface area contributed by atoms with E-state index in [2.05, 4.69) is 27.0 Å². The summed E-state index contributed by atoms with van der Waals surface area (Å²) in [7, 11) is 1.76. The number of hydrogen-bond acceptors (Lipinski definition) is 2. The summed E-state index contributed by atoms with van der Waals surface area (Å²) in [4.78, 5) is 15.6. The van der Waals surface area contributed by atoms with E-state index in [0.29, 0.717) is 13.0 Å². The molecule has 0 unspecified atom stereocenters. The molecule has 0 aromatic carbocycles. The number of amides is 1. The Hall–Kier alpha value is -0.790. The number of carbonyl (C=O) groups is 1. The Balaban J connectivity index is 0.00000441. The van der Waals surface area contributed by atoms with Gasteiger partial charge in [0, 0.05) is 33.1 Å². The lowest BCUT2D eigenvalue weighted by molar-refractivity contribution is -0.120. The first kappa shape index (κ1) is 21.2. The zero-order chi connectivity index (χ0) is 15.3. The zero-order valence-electron chi connectivity index (χ0n) is 13.9. The monoisotopic (exact) mass is 422 g/mol. The number of allylic oxidation sites excluding steroid dienone is 1. The van der Waals surface area contributed by atoms with E-state index in [9.17, 15) is 4.79 Å². The van der Waals surface area contributed by atoms with Crippen molar-refractivity contribution in [2.45, 2.75) is 51.9 Å². The van der Waals surface area contributed by atoms with Gasteiger partial charge < -0.3 is 16.0 Å². The highest BCUT2D eigenvalue weighted by atomic mass is 127. The minimum Gasteiger partial charge on any atom is -0.356 e. The van der Waals surface area contributed by atoms with Gasteiger partial charge in [-0.05, 0) is 38.5 Å². The van der Waals surface area contributed by atoms with Crippen LogP contribution in [0, 0.1) is 0 Å². The first-order valence-electron chi connectivity index (χ1n) is 8.15. The minimum atomic E-state index is 0. The predicted molar refractivity (Wildman–Crippen MR) is 104 cm³/mol. The van der Waals surface area contributed by atoms with Crippen LogP contribution in [0.4, 0.5) is 0 Å². The molecule has 0 bridgehead atoms. The second kappa shape index (κ2) is 13.8. The molecule has 1 aliphatic rings. The van der Waals surface area contributed by atoms with Gasteiger partial charge in [0.2, 0.25) is 5.91 Å². The van der Waals surface area contributed by atoms with Crippen LogP contribution >= 0.6 is 24.0 Å². The van der Waals surface area contributed by atoms with Crippen LogP contribution in [0.25, 0.3) is 0 Å². The highest BCUT2D eigenvalue weighted by Crippen LogP contribution is 2.19. The van der Waals surface area contributed by atoms with Crippen LogP contribution in [-0.4, -0.2) is 38.5 Å². The smallest absolute Gasteiger partial charge is 0.221 e. The third-order valence-corrected chi connectivity index (χ3v) is 3.56. The average molecular weight is 422 g/mol. The van der Waals surface area contributed by atoms with Gasteiger partial charge in [-0.25, -0.2) is 0 Å². The molecule has 0 spiro atoms. The van der Waals surface area contributed by atoms with Crippen LogP contribution in [0.2, 0.25) is 0 Å². The lowest BCUT2D eigenvalue weighted by atomic mass is 9.97. The fraction of sp³-hybridized carbons (Fsp3) is 0.750. The molecule has 0 aromatic rings. The molecule has 128 valence electrons. The summed E-state index contributed by atoms with van der Waals surface area (Å²) in [5.41, 5.74) is 1.56. The molecule has 0 fully saturated rings. The zero-order valence-corrected chi connectivity index (χ0v) is 16.2. The van der Waals surface area contributed by atoms with Crippen molar-refractivity contribution in [1.82, 2.24) is 16.0 Å². The molecule has 1 amide bonds. The molecule has 22 heavy (non-hydrogen) atoms. The minimum absolute atomic E-state index is 0. The average Bonchev–Trinajstić information content (AvgIpc) is 2.52. The molecule has 0 saturated carbocycles. The first-order chi connectivity index (χ1) is 10.3. The van der Waals surface area contributed by atoms with Crippen molar-refractivity contribution in [3.8, 4) is 0 Å². The Kier molecular flexibility index (Phi) is 13.3. The number of nitrogens with zero attached hydrogens (tertiary/aromatic N) is 1. The van der Waals surface area contributed by atoms with E-state index in [1.807, 2.05) is 6.92 Å². The van der Waals surface area contributed by atoms with Crippen molar-refractivity contribution in [3.63, 3.8) is 0 Å². The molecule has 3 N–H and O–H groups in total. The second-order valence-corrected chi connectivity index (χ2v) is 5.38. The topological polar surface area (TPSA) is 65.5 Å². The highest BCUT2D eigenvalue weighted by Gasteiger charge is 2.04. The third-order valence-electron chi connectivity index (χ3n) is 3.56. The van der Waals surface area contributed by atoms with Crippen molar-refractivity contribution < 1.29 is 4.79 Å². The summed E-state index contributed by atoms with van der Waals surface area (Å²) in [5.74, 6) is 0.863. The van der Waals surface area contributed by atoms with Gasteiger partial charge in [0.05, 0.1) is 0 Å². The number of hydrogen-bond donors (Lipinski definition) is 3. The highest BCUT2D eigenvalue weighted by molar-refractivity contribution is 14.0. The van der Waals surface area contributed by atoms with E-state index in [1.54, 1.807) is 12.6 Å². The quantitative estimate of drug-likeness (QED) is 0.244. The van der Waals surface area contributed by atoms with E-state index in [1.165, 1.54) is 25.7 Å². The van der Waals surface area contributed by atoms with E-state index in [-0.39, 0.29) is 29.9 Å². The summed E-state index contributed by atoms with van der Waals surface area (Å²) in [5, 5.41) is 9.34. The van der Waals surface area contributed by atoms with Crippen molar-refractivity contribution >= 4 is 35.8 Å². The number of guanidine groups is 1. The second-order valence-electron chi connectivity index (χ2n) is 5.38. The van der Waals surface area contributed by atoms with Crippen LogP contribution in [0.1, 0.15) is 51.9 Å². The van der Waals surface area contributed by atoms with Crippen molar-refractivity contribution in [1.29, 1.82) is 0 Å². The Morgan fingerprint density at radius 1 is 1.18 bits per heavy atom. The molecule has 0 aromatic heterocycles. The molecular weight excluding hydrogens is 391 g/mol. The molecule has 0 atom stereocenters. The van der Waals surface area contributed by atoms with Crippen LogP contribution < -0.4 is 16.0 Å². The van der Waals surface area contributed by atoms with Gasteiger partial charge in [-0.2, -0.15) is 0 Å². The summed E-state index contributed by atoms with van der Waals surface area (Å²) >= 11 is 0. The standard InChI is InChI=1S/C16H30N4O.HI/c1-3-11-18-15(21)10-13-20-16(17-2)19-12-9-14-7-5-4-6-8-14;/h7H,3-6,8-13H2,1-2H3,(H,18,21)(H2,17,19,20);1H. The Labute approximate surface area is 151 Å². The van der Waals surface area contributed by atoms with Crippen molar-refractivity contribution in [3.05, 3.63) is 11.6 Å². The predicted octanol–water partition coefficient (Wildman–Crippen LogP) is 2.58. The fourth-order valence-electron chi connectivity index (χ4n) is 2.34. The SMILES string of the molecule is CCCNC(=O)CCNC(=NC)NCCC1=CCCCC1.I. The van der Waals surface area contributed by atoms with Gasteiger partial charge in [-0.15, -0.1) is 24.0 Å². The maximum Gasteiger partial charge on any atom is 0.221 e. The largest absolute Gasteiger partial charge is 0.356 e. The number of rotatable bonds is 8. The third kappa shape index (κ3) is 10.0. The molecule has 0 aliphatic heterocycles. The Morgan fingerprint density at radius 3 is 2.59 bits per heavy atom. The maximum absolute atomic E-state index is 11.5. The maximum atomic E-state index is 11.5. The fourth-order valence-corrected chi connectivity index (χ4v) is 2.34. The van der Waals surface area contributed by atoms with Crippen LogP contribution in [0.3, 0.4) is 0 Å². The lowest BCUT2D eigenvalue weighted by Gasteiger charge is -2.15. The van der Waals surface area contributed by atoms with Crippen molar-refractivity contribution in [2.75, 3.05) is 26.7 Å². The van der Waals surface area contributed by atoms with Gasteiger partial charge >= 0.3 is 0 Å². The van der Waals surface area contributed by atoms with Gasteiger partial charge in [0.25, 0.3) is 0 Å². The summed E-state index contributed by atoms with van der Waals surface area (Å²) in [6.07, 6.45) is 10.0. The lowest BCUT2D eigenvalue weighted by Crippen LogP contribution is -2.39. The van der Waals surface area contributed by atoms with Crippen molar-refractivity contribution in [2.24, 2.45) is 4.99 Å². The van der Waals surface area contributed by atoms with Gasteiger partial charge in [-0.3, -0.25) is 9.79 Å². The molecule has 0 radical (unpaired) electrons. The number of carbonyl (C=O) groups excluding carboxylic acids is 1. The normalized spacial score (nSPS) is 14.6. The van der Waals surface area contributed by atoms with Gasteiger partial charge in [0.15, 0.2) is 5.96 Å². The van der Waals surface area contributed by atoms with E-state index in [0.717, 1.165) is 31.9 Å². The summed E-state index contributed by atoms with van der Waals surface area (Å²) in [6, 6.07) is 0. The molecule has 1 aliphatic carbocycles. The molecule has 0 heterocycles. The molecular formula is C16H31IN4O. The molecule has 1 rings (SSSR count). The number of halogens is 1. The number of aliphatic imine (C=N–C) groups is 1. The Bertz CT molecular complexity index is 369. The van der Waals surface area contributed by atoms with Crippen LogP contribution in [-0.2, 0) is 4.79 Å². The van der Waals surface area contributed by atoms with E-state index < -0.39 is 0 Å². The first-order valence-corrected chi connectivity index (χ1v) is 8.15.